The molecule has 0 bridgehead atoms. The molecule has 0 saturated heterocycles. The number of fused-ring (bicyclic) bond motifs is 1. The van der Waals surface area contributed by atoms with Gasteiger partial charge in [-0.25, -0.2) is 4.79 Å². The molecule has 0 unspecified atom stereocenters. The fourth-order valence-electron chi connectivity index (χ4n) is 2.94. The molecule has 7 heteroatoms. The summed E-state index contributed by atoms with van der Waals surface area (Å²) in [5.74, 6) is -0.171. The molecule has 1 atom stereocenters. The van der Waals surface area contributed by atoms with Crippen molar-refractivity contribution in [1.29, 1.82) is 0 Å². The lowest BCUT2D eigenvalue weighted by Gasteiger charge is -2.32. The van der Waals surface area contributed by atoms with Gasteiger partial charge in [-0.15, -0.1) is 11.8 Å². The van der Waals surface area contributed by atoms with Crippen LogP contribution in [0, 0.1) is 0 Å². The minimum absolute atomic E-state index is 0.0170. The van der Waals surface area contributed by atoms with Gasteiger partial charge >= 0.3 is 5.97 Å². The molecule has 2 rings (SSSR count). The summed E-state index contributed by atoms with van der Waals surface area (Å²) in [5.41, 5.74) is 0.920. The Hall–Kier alpha value is -2.02. The number of benzene rings is 1. The van der Waals surface area contributed by atoms with Crippen LogP contribution in [-0.2, 0) is 14.3 Å². The van der Waals surface area contributed by atoms with E-state index in [1.54, 1.807) is 41.8 Å². The first-order valence-corrected chi connectivity index (χ1v) is 9.79. The number of carbonyl (C=O) groups excluding carboxylic acids is 3. The van der Waals surface area contributed by atoms with Crippen LogP contribution in [0.1, 0.15) is 51.4 Å². The summed E-state index contributed by atoms with van der Waals surface area (Å²) < 4.78 is 5.38. The SMILES string of the molecule is CC(C)N(C(=O)[C@H](C)OC(=O)c1ccc2c(c1)NC(=O)CCS2)C(C)C. The summed E-state index contributed by atoms with van der Waals surface area (Å²) in [5, 5.41) is 2.80. The zero-order valence-corrected chi connectivity index (χ0v) is 16.7. The van der Waals surface area contributed by atoms with E-state index in [1.165, 1.54) is 0 Å². The summed E-state index contributed by atoms with van der Waals surface area (Å²) in [4.78, 5) is 39.4. The molecule has 1 N–H and O–H groups in total. The second kappa shape index (κ2) is 8.58. The monoisotopic (exact) mass is 378 g/mol. The number of ether oxygens (including phenoxy) is 1. The van der Waals surface area contributed by atoms with Gasteiger partial charge in [0.05, 0.1) is 11.3 Å². The van der Waals surface area contributed by atoms with Crippen molar-refractivity contribution in [3.8, 4) is 0 Å². The van der Waals surface area contributed by atoms with E-state index in [0.717, 1.165) is 4.90 Å². The smallest absolute Gasteiger partial charge is 0.338 e. The summed E-state index contributed by atoms with van der Waals surface area (Å²) in [6, 6.07) is 5.09. The highest BCUT2D eigenvalue weighted by Gasteiger charge is 2.28. The third-order valence-corrected chi connectivity index (χ3v) is 5.15. The van der Waals surface area contributed by atoms with Crippen LogP contribution in [-0.4, -0.2) is 46.6 Å². The Morgan fingerprint density at radius 3 is 2.42 bits per heavy atom. The fourth-order valence-corrected chi connectivity index (χ4v) is 3.88. The summed E-state index contributed by atoms with van der Waals surface area (Å²) in [6.07, 6.45) is -0.444. The maximum absolute atomic E-state index is 12.6. The van der Waals surface area contributed by atoms with Gasteiger partial charge in [0.2, 0.25) is 5.91 Å². The summed E-state index contributed by atoms with van der Waals surface area (Å²) in [6.45, 7) is 9.30. The largest absolute Gasteiger partial charge is 0.449 e. The molecule has 2 amide bonds. The molecule has 1 aliphatic heterocycles. The number of thioether (sulfide) groups is 1. The first-order chi connectivity index (χ1) is 12.2. The van der Waals surface area contributed by atoms with Crippen molar-refractivity contribution in [3.63, 3.8) is 0 Å². The third-order valence-electron chi connectivity index (χ3n) is 4.07. The van der Waals surface area contributed by atoms with Gasteiger partial charge in [-0.2, -0.15) is 0 Å². The zero-order chi connectivity index (χ0) is 19.4. The fraction of sp³-hybridized carbons (Fsp3) is 0.526. The Bertz CT molecular complexity index is 695. The van der Waals surface area contributed by atoms with Crippen LogP contribution in [0.3, 0.4) is 0 Å². The van der Waals surface area contributed by atoms with Crippen molar-refractivity contribution >= 4 is 35.2 Å². The van der Waals surface area contributed by atoms with Gasteiger partial charge in [0.25, 0.3) is 5.91 Å². The van der Waals surface area contributed by atoms with Gasteiger partial charge in [-0.05, 0) is 52.8 Å². The molecule has 0 radical (unpaired) electrons. The minimum atomic E-state index is -0.880. The van der Waals surface area contributed by atoms with E-state index in [0.29, 0.717) is 23.4 Å². The number of amides is 2. The van der Waals surface area contributed by atoms with Crippen molar-refractivity contribution in [2.75, 3.05) is 11.1 Å². The normalized spacial score (nSPS) is 15.1. The predicted octanol–water partition coefficient (Wildman–Crippen LogP) is 3.31. The van der Waals surface area contributed by atoms with Crippen LogP contribution in [0.15, 0.2) is 23.1 Å². The number of hydrogen-bond donors (Lipinski definition) is 1. The highest BCUT2D eigenvalue weighted by Crippen LogP contribution is 2.31. The average Bonchev–Trinajstić information content (AvgIpc) is 2.73. The van der Waals surface area contributed by atoms with Crippen LogP contribution >= 0.6 is 11.8 Å². The van der Waals surface area contributed by atoms with Crippen molar-refractivity contribution in [2.45, 2.75) is 64.1 Å². The molecule has 0 aliphatic carbocycles. The number of rotatable bonds is 5. The van der Waals surface area contributed by atoms with E-state index in [1.807, 2.05) is 27.7 Å². The molecule has 1 aromatic carbocycles. The van der Waals surface area contributed by atoms with Crippen molar-refractivity contribution in [3.05, 3.63) is 23.8 Å². The molecule has 26 heavy (non-hydrogen) atoms. The van der Waals surface area contributed by atoms with Crippen LogP contribution in [0.4, 0.5) is 5.69 Å². The molecular weight excluding hydrogens is 352 g/mol. The molecule has 1 aliphatic rings. The second-order valence-electron chi connectivity index (χ2n) is 6.84. The van der Waals surface area contributed by atoms with E-state index in [4.69, 9.17) is 4.74 Å². The lowest BCUT2D eigenvalue weighted by atomic mass is 10.2. The Kier molecular flexibility index (Phi) is 6.69. The topological polar surface area (TPSA) is 75.7 Å². The van der Waals surface area contributed by atoms with Crippen LogP contribution < -0.4 is 5.32 Å². The van der Waals surface area contributed by atoms with E-state index in [-0.39, 0.29) is 23.9 Å². The van der Waals surface area contributed by atoms with Crippen LogP contribution in [0.5, 0.6) is 0 Å². The highest BCUT2D eigenvalue weighted by molar-refractivity contribution is 7.99. The third kappa shape index (κ3) is 4.78. The molecule has 0 aromatic heterocycles. The molecule has 0 spiro atoms. The quantitative estimate of drug-likeness (QED) is 0.796. The number of nitrogens with one attached hydrogen (secondary N) is 1. The summed E-state index contributed by atoms with van der Waals surface area (Å²) >= 11 is 1.57. The van der Waals surface area contributed by atoms with E-state index in [2.05, 4.69) is 5.32 Å². The van der Waals surface area contributed by atoms with Crippen LogP contribution in [0.25, 0.3) is 0 Å². The Labute approximate surface area is 158 Å². The maximum atomic E-state index is 12.6. The van der Waals surface area contributed by atoms with Gasteiger partial charge in [0.1, 0.15) is 0 Å². The van der Waals surface area contributed by atoms with Crippen LogP contribution in [0.2, 0.25) is 0 Å². The van der Waals surface area contributed by atoms with Crippen molar-refractivity contribution in [2.24, 2.45) is 0 Å². The standard InChI is InChI=1S/C19H26N2O4S/c1-11(2)21(12(3)4)18(23)13(5)25-19(24)14-6-7-16-15(10-14)20-17(22)8-9-26-16/h6-7,10-13H,8-9H2,1-5H3,(H,20,22)/t13-/m0/s1. The number of nitrogens with zero attached hydrogens (tertiary/aromatic N) is 1. The van der Waals surface area contributed by atoms with Crippen molar-refractivity contribution < 1.29 is 19.1 Å². The number of esters is 1. The van der Waals surface area contributed by atoms with E-state index >= 15 is 0 Å². The first-order valence-electron chi connectivity index (χ1n) is 8.80. The molecule has 142 valence electrons. The minimum Gasteiger partial charge on any atom is -0.449 e. The van der Waals surface area contributed by atoms with Gasteiger partial charge in [-0.1, -0.05) is 0 Å². The maximum Gasteiger partial charge on any atom is 0.338 e. The highest BCUT2D eigenvalue weighted by atomic mass is 32.2. The molecule has 1 heterocycles. The molecule has 0 fully saturated rings. The lowest BCUT2D eigenvalue weighted by Crippen LogP contribution is -2.47. The predicted molar refractivity (Wildman–Crippen MR) is 102 cm³/mol. The number of anilines is 1. The Balaban J connectivity index is 2.12. The molecule has 6 nitrogen and oxygen atoms in total. The molecule has 0 saturated carbocycles. The average molecular weight is 378 g/mol. The van der Waals surface area contributed by atoms with Gasteiger partial charge in [0, 0.05) is 29.2 Å². The first kappa shape index (κ1) is 20.3. The zero-order valence-electron chi connectivity index (χ0n) is 15.9. The number of hydrogen-bond acceptors (Lipinski definition) is 5. The Morgan fingerprint density at radius 2 is 1.81 bits per heavy atom. The van der Waals surface area contributed by atoms with Gasteiger partial charge < -0.3 is 15.0 Å². The van der Waals surface area contributed by atoms with Crippen molar-refractivity contribution in [1.82, 2.24) is 4.90 Å². The molecular formula is C19H26N2O4S. The summed E-state index contributed by atoms with van der Waals surface area (Å²) in [7, 11) is 0. The van der Waals surface area contributed by atoms with E-state index in [9.17, 15) is 14.4 Å². The molecule has 1 aromatic rings. The van der Waals surface area contributed by atoms with Gasteiger partial charge in [0.15, 0.2) is 6.10 Å². The number of carbonyl (C=O) groups is 3. The Morgan fingerprint density at radius 1 is 1.15 bits per heavy atom. The second-order valence-corrected chi connectivity index (χ2v) is 7.97. The van der Waals surface area contributed by atoms with E-state index < -0.39 is 12.1 Å². The van der Waals surface area contributed by atoms with Gasteiger partial charge in [-0.3, -0.25) is 9.59 Å². The lowest BCUT2D eigenvalue weighted by molar-refractivity contribution is -0.143.